The van der Waals surface area contributed by atoms with Crippen LogP contribution in [0.4, 0.5) is 0 Å². The average Bonchev–Trinajstić information content (AvgIpc) is 2.86. The van der Waals surface area contributed by atoms with Gasteiger partial charge in [-0.2, -0.15) is 0 Å². The third kappa shape index (κ3) is 1.11. The smallest absolute Gasteiger partial charge is 0.331 e. The van der Waals surface area contributed by atoms with Gasteiger partial charge in [0.05, 0.1) is 5.54 Å². The van der Waals surface area contributed by atoms with Crippen LogP contribution in [0.1, 0.15) is 38.5 Å². The number of carbonyl (C=O) groups excluding carboxylic acids is 2. The predicted octanol–water partition coefficient (Wildman–Crippen LogP) is 1.40. The largest absolute Gasteiger partial charge is 0.454 e. The van der Waals surface area contributed by atoms with Gasteiger partial charge in [0.2, 0.25) is 5.91 Å². The van der Waals surface area contributed by atoms with Crippen LogP contribution >= 0.6 is 0 Å². The van der Waals surface area contributed by atoms with Gasteiger partial charge in [-0.05, 0) is 18.8 Å². The van der Waals surface area contributed by atoms with Crippen molar-refractivity contribution in [3.8, 4) is 0 Å². The van der Waals surface area contributed by atoms with Crippen molar-refractivity contribution in [2.24, 2.45) is 5.92 Å². The van der Waals surface area contributed by atoms with Crippen molar-refractivity contribution in [2.75, 3.05) is 6.54 Å². The predicted molar refractivity (Wildman–Crippen MR) is 63.6 cm³/mol. The Bertz CT molecular complexity index is 470. The molecular weight excluding hydrogens is 230 g/mol. The zero-order valence-corrected chi connectivity index (χ0v) is 10.4. The highest BCUT2D eigenvalue weighted by atomic mass is 16.5. The minimum absolute atomic E-state index is 0.0553. The number of rotatable bonds is 0. The lowest BCUT2D eigenvalue weighted by atomic mass is 9.66. The molecule has 4 nitrogen and oxygen atoms in total. The van der Waals surface area contributed by atoms with E-state index in [1.165, 1.54) is 6.42 Å². The lowest BCUT2D eigenvalue weighted by Gasteiger charge is -2.50. The van der Waals surface area contributed by atoms with Gasteiger partial charge in [-0.25, -0.2) is 4.79 Å². The van der Waals surface area contributed by atoms with Crippen LogP contribution in [0.5, 0.6) is 0 Å². The van der Waals surface area contributed by atoms with Crippen molar-refractivity contribution in [2.45, 2.75) is 50.2 Å². The Morgan fingerprint density at radius 2 is 2.17 bits per heavy atom. The maximum atomic E-state index is 12.2. The molecule has 0 unspecified atom stereocenters. The fourth-order valence-electron chi connectivity index (χ4n) is 4.58. The van der Waals surface area contributed by atoms with E-state index in [9.17, 15) is 9.59 Å². The van der Waals surface area contributed by atoms with E-state index in [-0.39, 0.29) is 23.5 Å². The van der Waals surface area contributed by atoms with Gasteiger partial charge < -0.3 is 9.64 Å². The Balaban J connectivity index is 1.85. The van der Waals surface area contributed by atoms with Crippen molar-refractivity contribution in [3.63, 3.8) is 0 Å². The summed E-state index contributed by atoms with van der Waals surface area (Å²) in [4.78, 5) is 25.8. The summed E-state index contributed by atoms with van der Waals surface area (Å²) >= 11 is 0. The summed E-state index contributed by atoms with van der Waals surface area (Å²) in [6.45, 7) is 0.755. The summed E-state index contributed by atoms with van der Waals surface area (Å²) in [6.07, 6.45) is 7.55. The molecular formula is C14H17NO3. The Morgan fingerprint density at radius 3 is 3.06 bits per heavy atom. The lowest BCUT2D eigenvalue weighted by molar-refractivity contribution is -0.141. The number of ether oxygens (including phenoxy) is 1. The number of amides is 1. The maximum absolute atomic E-state index is 12.2. The van der Waals surface area contributed by atoms with E-state index in [1.54, 1.807) is 6.08 Å². The number of piperidine rings is 1. The van der Waals surface area contributed by atoms with Crippen LogP contribution in [0.3, 0.4) is 0 Å². The molecule has 0 N–H and O–H groups in total. The monoisotopic (exact) mass is 247 g/mol. The molecule has 4 heteroatoms. The van der Waals surface area contributed by atoms with Crippen molar-refractivity contribution in [1.29, 1.82) is 0 Å². The Labute approximate surface area is 106 Å². The molecule has 0 aromatic carbocycles. The van der Waals surface area contributed by atoms with Gasteiger partial charge in [0.25, 0.3) is 0 Å². The molecule has 1 aliphatic carbocycles. The number of nitrogens with zero attached hydrogens (tertiary/aromatic N) is 1. The number of esters is 1. The molecule has 4 aliphatic rings. The second kappa shape index (κ2) is 3.37. The summed E-state index contributed by atoms with van der Waals surface area (Å²) in [5.74, 6) is 0.470. The molecule has 0 aromatic heterocycles. The second-order valence-electron chi connectivity index (χ2n) is 5.93. The zero-order valence-electron chi connectivity index (χ0n) is 10.4. The first-order valence-electron chi connectivity index (χ1n) is 6.95. The molecule has 2 saturated heterocycles. The minimum atomic E-state index is -0.213. The number of carbonyl (C=O) groups is 2. The number of hydrogen-bond donors (Lipinski definition) is 0. The van der Waals surface area contributed by atoms with E-state index in [1.807, 2.05) is 0 Å². The summed E-state index contributed by atoms with van der Waals surface area (Å²) in [6, 6.07) is 0. The quantitative estimate of drug-likeness (QED) is 0.608. The van der Waals surface area contributed by atoms with Gasteiger partial charge >= 0.3 is 5.97 Å². The molecule has 1 spiro atoms. The summed E-state index contributed by atoms with van der Waals surface area (Å²) in [5, 5.41) is 0. The van der Waals surface area contributed by atoms with Crippen molar-refractivity contribution in [1.82, 2.24) is 4.90 Å². The van der Waals surface area contributed by atoms with Gasteiger partial charge in [-0.3, -0.25) is 4.79 Å². The highest BCUT2D eigenvalue weighted by Crippen LogP contribution is 2.54. The van der Waals surface area contributed by atoms with Crippen LogP contribution in [-0.4, -0.2) is 35.0 Å². The Hall–Kier alpha value is -1.32. The molecule has 3 heterocycles. The first-order valence-corrected chi connectivity index (χ1v) is 6.95. The van der Waals surface area contributed by atoms with E-state index in [0.29, 0.717) is 12.3 Å². The van der Waals surface area contributed by atoms with Gasteiger partial charge in [-0.15, -0.1) is 0 Å². The minimum Gasteiger partial charge on any atom is -0.454 e. The molecule has 96 valence electrons. The molecule has 0 bridgehead atoms. The topological polar surface area (TPSA) is 46.6 Å². The van der Waals surface area contributed by atoms with Crippen LogP contribution in [0.15, 0.2) is 11.6 Å². The van der Waals surface area contributed by atoms with Crippen LogP contribution in [0, 0.1) is 5.92 Å². The van der Waals surface area contributed by atoms with E-state index in [2.05, 4.69) is 4.90 Å². The fourth-order valence-corrected chi connectivity index (χ4v) is 4.58. The number of fused-ring (bicyclic) bond motifs is 1. The van der Waals surface area contributed by atoms with Crippen LogP contribution < -0.4 is 0 Å². The van der Waals surface area contributed by atoms with E-state index in [0.717, 1.165) is 37.8 Å². The van der Waals surface area contributed by atoms with Crippen molar-refractivity contribution in [3.05, 3.63) is 11.6 Å². The SMILES string of the molecule is O=C1C=C2[C@H](CCN3C(=O)C[C@@H]4CCCC[C@@]243)O1. The molecule has 4 rings (SSSR count). The highest BCUT2D eigenvalue weighted by Gasteiger charge is 2.60. The van der Waals surface area contributed by atoms with Crippen LogP contribution in [0.2, 0.25) is 0 Å². The molecule has 1 amide bonds. The van der Waals surface area contributed by atoms with Crippen molar-refractivity contribution >= 4 is 11.9 Å². The molecule has 0 aromatic rings. The molecule has 0 radical (unpaired) electrons. The number of hydrogen-bond acceptors (Lipinski definition) is 3. The third-order valence-corrected chi connectivity index (χ3v) is 5.23. The fraction of sp³-hybridized carbons (Fsp3) is 0.714. The van der Waals surface area contributed by atoms with Crippen LogP contribution in [-0.2, 0) is 14.3 Å². The average molecular weight is 247 g/mol. The summed E-state index contributed by atoms with van der Waals surface area (Å²) in [5.41, 5.74) is 0.944. The first kappa shape index (κ1) is 10.6. The van der Waals surface area contributed by atoms with E-state index < -0.39 is 0 Å². The van der Waals surface area contributed by atoms with Gasteiger partial charge in [0.15, 0.2) is 0 Å². The molecule has 3 fully saturated rings. The molecule has 3 atom stereocenters. The van der Waals surface area contributed by atoms with Crippen molar-refractivity contribution < 1.29 is 14.3 Å². The normalized spacial score (nSPS) is 42.0. The van der Waals surface area contributed by atoms with Gasteiger partial charge in [0, 0.05) is 31.0 Å². The third-order valence-electron chi connectivity index (χ3n) is 5.23. The van der Waals surface area contributed by atoms with Gasteiger partial charge in [0.1, 0.15) is 6.10 Å². The molecule has 1 saturated carbocycles. The maximum Gasteiger partial charge on any atom is 0.331 e. The lowest BCUT2D eigenvalue weighted by Crippen LogP contribution is -2.57. The van der Waals surface area contributed by atoms with E-state index in [4.69, 9.17) is 4.74 Å². The second-order valence-corrected chi connectivity index (χ2v) is 5.93. The van der Waals surface area contributed by atoms with E-state index >= 15 is 0 Å². The summed E-state index contributed by atoms with van der Waals surface area (Å²) in [7, 11) is 0. The summed E-state index contributed by atoms with van der Waals surface area (Å²) < 4.78 is 5.38. The first-order chi connectivity index (χ1) is 8.72. The Morgan fingerprint density at radius 1 is 1.28 bits per heavy atom. The standard InChI is InChI=1S/C14H17NO3/c16-12-7-9-3-1-2-5-14(9)10-8-13(17)18-11(10)4-6-15(12)14/h8-9,11H,1-7H2/t9-,11-,14-/m0/s1. The molecule has 3 aliphatic heterocycles. The molecule has 18 heavy (non-hydrogen) atoms. The zero-order chi connectivity index (χ0) is 12.3. The Kier molecular flexibility index (Phi) is 1.98. The highest BCUT2D eigenvalue weighted by molar-refractivity contribution is 5.89. The van der Waals surface area contributed by atoms with Crippen LogP contribution in [0.25, 0.3) is 0 Å². The van der Waals surface area contributed by atoms with Gasteiger partial charge in [-0.1, -0.05) is 12.8 Å².